The normalized spacial score (nSPS) is 20.6. The molecule has 3 rings (SSSR count). The zero-order valence-corrected chi connectivity index (χ0v) is 19.1. The monoisotopic (exact) mass is 444 g/mol. The first kappa shape index (κ1) is 22.5. The number of halogens is 1. The van der Waals surface area contributed by atoms with Gasteiger partial charge in [0.05, 0.1) is 34.4 Å². The lowest BCUT2D eigenvalue weighted by Gasteiger charge is -2.39. The number of thioether (sulfide) groups is 1. The highest BCUT2D eigenvalue weighted by atomic mass is 35.5. The van der Waals surface area contributed by atoms with Crippen molar-refractivity contribution in [1.29, 1.82) is 5.26 Å². The van der Waals surface area contributed by atoms with Crippen LogP contribution in [0.2, 0.25) is 5.02 Å². The minimum Gasteiger partial charge on any atom is -0.462 e. The number of nitriles is 1. The van der Waals surface area contributed by atoms with Gasteiger partial charge < -0.3 is 10.1 Å². The molecule has 158 valence electrons. The number of hydrogen-bond donors (Lipinski definition) is 1. The predicted octanol–water partition coefficient (Wildman–Crippen LogP) is 5.09. The van der Waals surface area contributed by atoms with Crippen molar-refractivity contribution in [1.82, 2.24) is 5.32 Å². The summed E-state index contributed by atoms with van der Waals surface area (Å²) in [5.41, 5.74) is 2.56. The molecule has 0 spiro atoms. The number of benzene rings is 1. The molecule has 1 heterocycles. The number of nitrogens with zero attached hydrogens (tertiary/aromatic N) is 1. The highest BCUT2D eigenvalue weighted by molar-refractivity contribution is 8.03. The number of ether oxygens (including phenoxy) is 1. The van der Waals surface area contributed by atoms with Gasteiger partial charge in [0.25, 0.3) is 0 Å². The van der Waals surface area contributed by atoms with E-state index in [1.807, 2.05) is 12.1 Å². The highest BCUT2D eigenvalue weighted by Crippen LogP contribution is 2.47. The van der Waals surface area contributed by atoms with Crippen molar-refractivity contribution >= 4 is 35.1 Å². The zero-order valence-electron chi connectivity index (χ0n) is 17.5. The van der Waals surface area contributed by atoms with Crippen LogP contribution in [0.4, 0.5) is 0 Å². The average Bonchev–Trinajstić information content (AvgIpc) is 2.64. The van der Waals surface area contributed by atoms with Crippen LogP contribution in [0.25, 0.3) is 0 Å². The van der Waals surface area contributed by atoms with Crippen molar-refractivity contribution in [2.45, 2.75) is 52.6 Å². The Labute approximate surface area is 186 Å². The Morgan fingerprint density at radius 2 is 2.00 bits per heavy atom. The van der Waals surface area contributed by atoms with E-state index < -0.39 is 5.92 Å². The van der Waals surface area contributed by atoms with E-state index in [-0.39, 0.29) is 29.0 Å². The van der Waals surface area contributed by atoms with E-state index in [0.29, 0.717) is 34.0 Å². The van der Waals surface area contributed by atoms with Gasteiger partial charge in [-0.1, -0.05) is 49.3 Å². The van der Waals surface area contributed by atoms with Crippen LogP contribution in [0.1, 0.15) is 52.0 Å². The summed E-state index contributed by atoms with van der Waals surface area (Å²) in [5.74, 6) is -0.691. The van der Waals surface area contributed by atoms with Gasteiger partial charge in [-0.05, 0) is 43.4 Å². The molecule has 0 saturated heterocycles. The molecule has 1 aliphatic heterocycles. The number of rotatable bonds is 5. The molecule has 1 aromatic rings. The lowest BCUT2D eigenvalue weighted by Crippen LogP contribution is -2.37. The first-order valence-electron chi connectivity index (χ1n) is 9.86. The Kier molecular flexibility index (Phi) is 6.64. The van der Waals surface area contributed by atoms with Gasteiger partial charge in [0, 0.05) is 22.7 Å². The van der Waals surface area contributed by atoms with E-state index >= 15 is 0 Å². The number of Topliss-reactive ketones (excluding diaryl/α,β-unsaturated/α-hetero) is 1. The van der Waals surface area contributed by atoms with Crippen LogP contribution >= 0.6 is 23.4 Å². The second kappa shape index (κ2) is 8.87. The van der Waals surface area contributed by atoms with Crippen LogP contribution < -0.4 is 5.32 Å². The molecule has 5 nitrogen and oxygen atoms in total. The summed E-state index contributed by atoms with van der Waals surface area (Å²) in [6, 6.07) is 9.50. The molecule has 0 saturated carbocycles. The van der Waals surface area contributed by atoms with Crippen molar-refractivity contribution in [3.05, 3.63) is 56.7 Å². The number of nitrogens with one attached hydrogen (secondary N) is 1. The molecule has 1 unspecified atom stereocenters. The summed E-state index contributed by atoms with van der Waals surface area (Å²) in [5, 5.41) is 14.5. The SMILES string of the molecule is CC(C)OC(=O)CSC1=C(C#N)C(c2ccc(Cl)cc2)C2=C(CC(C)(C)CC2=O)N1. The highest BCUT2D eigenvalue weighted by Gasteiger charge is 2.41. The summed E-state index contributed by atoms with van der Waals surface area (Å²) < 4.78 is 5.22. The number of allylic oxidation sites excluding steroid dienone is 3. The molecule has 1 N–H and O–H groups in total. The van der Waals surface area contributed by atoms with E-state index in [9.17, 15) is 14.9 Å². The van der Waals surface area contributed by atoms with Gasteiger partial charge in [-0.15, -0.1) is 0 Å². The molecular formula is C23H25ClN2O3S. The molecule has 1 aromatic carbocycles. The quantitative estimate of drug-likeness (QED) is 0.637. The van der Waals surface area contributed by atoms with E-state index in [1.165, 1.54) is 11.8 Å². The second-order valence-electron chi connectivity index (χ2n) is 8.62. The number of carbonyl (C=O) groups excluding carboxylic acids is 2. The van der Waals surface area contributed by atoms with Gasteiger partial charge in [0.1, 0.15) is 0 Å². The fraction of sp³-hybridized carbons (Fsp3) is 0.435. The van der Waals surface area contributed by atoms with Crippen LogP contribution in [-0.2, 0) is 14.3 Å². The fourth-order valence-electron chi connectivity index (χ4n) is 3.91. The average molecular weight is 445 g/mol. The molecule has 30 heavy (non-hydrogen) atoms. The summed E-state index contributed by atoms with van der Waals surface area (Å²) in [6.45, 7) is 7.71. The van der Waals surface area contributed by atoms with E-state index in [1.54, 1.807) is 26.0 Å². The van der Waals surface area contributed by atoms with Gasteiger partial charge in [-0.25, -0.2) is 0 Å². The number of ketones is 1. The minimum atomic E-state index is -0.476. The Bertz CT molecular complexity index is 971. The molecular weight excluding hydrogens is 420 g/mol. The predicted molar refractivity (Wildman–Crippen MR) is 119 cm³/mol. The lowest BCUT2D eigenvalue weighted by atomic mass is 9.69. The molecule has 0 aromatic heterocycles. The van der Waals surface area contributed by atoms with E-state index in [0.717, 1.165) is 11.3 Å². The van der Waals surface area contributed by atoms with Crippen LogP contribution in [0.3, 0.4) is 0 Å². The maximum atomic E-state index is 13.1. The standard InChI is InChI=1S/C23H25ClN2O3S/c1-13(2)29-19(28)12-30-22-16(11-25)20(14-5-7-15(24)8-6-14)21-17(26-22)9-23(3,4)10-18(21)27/h5-8,13,20,26H,9-10,12H2,1-4H3. The minimum absolute atomic E-state index is 0.0460. The van der Waals surface area contributed by atoms with Gasteiger partial charge in [-0.2, -0.15) is 5.26 Å². The molecule has 0 bridgehead atoms. The van der Waals surface area contributed by atoms with E-state index in [2.05, 4.69) is 25.2 Å². The summed E-state index contributed by atoms with van der Waals surface area (Å²) >= 11 is 7.29. The van der Waals surface area contributed by atoms with Crippen LogP contribution in [-0.4, -0.2) is 23.6 Å². The first-order valence-corrected chi connectivity index (χ1v) is 11.2. The molecule has 2 aliphatic rings. The largest absolute Gasteiger partial charge is 0.462 e. The maximum absolute atomic E-state index is 13.1. The summed E-state index contributed by atoms with van der Waals surface area (Å²) in [7, 11) is 0. The topological polar surface area (TPSA) is 79.2 Å². The van der Waals surface area contributed by atoms with Crippen molar-refractivity contribution in [3.8, 4) is 6.07 Å². The van der Waals surface area contributed by atoms with Crippen LogP contribution in [0.15, 0.2) is 46.1 Å². The zero-order chi connectivity index (χ0) is 22.1. The number of dihydropyridines is 1. The number of hydrogen-bond acceptors (Lipinski definition) is 6. The maximum Gasteiger partial charge on any atom is 0.316 e. The van der Waals surface area contributed by atoms with E-state index in [4.69, 9.17) is 16.3 Å². The third-order valence-corrected chi connectivity index (χ3v) is 6.27. The van der Waals surface area contributed by atoms with Gasteiger partial charge in [-0.3, -0.25) is 9.59 Å². The van der Waals surface area contributed by atoms with Crippen molar-refractivity contribution in [2.75, 3.05) is 5.75 Å². The van der Waals surface area contributed by atoms with Crippen LogP contribution in [0, 0.1) is 16.7 Å². The smallest absolute Gasteiger partial charge is 0.316 e. The van der Waals surface area contributed by atoms with Gasteiger partial charge >= 0.3 is 5.97 Å². The fourth-order valence-corrected chi connectivity index (χ4v) is 4.88. The second-order valence-corrected chi connectivity index (χ2v) is 10.0. The molecule has 1 aliphatic carbocycles. The molecule has 7 heteroatoms. The first-order chi connectivity index (χ1) is 14.1. The third-order valence-electron chi connectivity index (χ3n) is 5.03. The van der Waals surface area contributed by atoms with Crippen molar-refractivity contribution < 1.29 is 14.3 Å². The molecule has 1 atom stereocenters. The molecule has 0 radical (unpaired) electrons. The summed E-state index contributed by atoms with van der Waals surface area (Å²) in [4.78, 5) is 25.2. The number of esters is 1. The van der Waals surface area contributed by atoms with Crippen molar-refractivity contribution in [2.24, 2.45) is 5.41 Å². The Morgan fingerprint density at radius 1 is 1.33 bits per heavy atom. The van der Waals surface area contributed by atoms with Crippen LogP contribution in [0.5, 0.6) is 0 Å². The lowest BCUT2D eigenvalue weighted by molar-refractivity contribution is -0.144. The van der Waals surface area contributed by atoms with Crippen molar-refractivity contribution in [3.63, 3.8) is 0 Å². The van der Waals surface area contributed by atoms with Gasteiger partial charge in [0.15, 0.2) is 5.78 Å². The Balaban J connectivity index is 2.03. The molecule has 0 fully saturated rings. The summed E-state index contributed by atoms with van der Waals surface area (Å²) in [6.07, 6.45) is 0.923. The van der Waals surface area contributed by atoms with Gasteiger partial charge in [0.2, 0.25) is 0 Å². The Morgan fingerprint density at radius 3 is 2.60 bits per heavy atom. The molecule has 0 amide bonds. The third kappa shape index (κ3) is 4.91. The number of carbonyl (C=O) groups is 2. The Hall–Kier alpha value is -2.23.